The molecule has 2 aliphatic heterocycles. The van der Waals surface area contributed by atoms with Gasteiger partial charge in [0.1, 0.15) is 11.5 Å². The van der Waals surface area contributed by atoms with Crippen LogP contribution in [0.3, 0.4) is 0 Å². The van der Waals surface area contributed by atoms with Crippen LogP contribution in [0.5, 0.6) is 11.5 Å². The zero-order valence-corrected chi connectivity index (χ0v) is 20.4. The molecule has 0 N–H and O–H groups in total. The summed E-state index contributed by atoms with van der Waals surface area (Å²) in [6, 6.07) is 22.0. The fraction of sp³-hybridized carbons (Fsp3) is 0.0667. The summed E-state index contributed by atoms with van der Waals surface area (Å²) in [6.45, 7) is 0. The number of ether oxygens (including phenoxy) is 2. The van der Waals surface area contributed by atoms with Gasteiger partial charge in [-0.05, 0) is 70.4 Å². The molecule has 6 rings (SSSR count). The number of rotatable bonds is 2. The van der Waals surface area contributed by atoms with E-state index in [2.05, 4.69) is 0 Å². The first-order chi connectivity index (χ1) is 17.4. The maximum atomic E-state index is 12.8. The van der Waals surface area contributed by atoms with Crippen LogP contribution in [-0.2, 0) is 22.4 Å². The number of hydrogen-bond donors (Lipinski definition) is 0. The van der Waals surface area contributed by atoms with Crippen molar-refractivity contribution in [1.82, 2.24) is 0 Å². The molecule has 6 heteroatoms. The van der Waals surface area contributed by atoms with E-state index in [0.29, 0.717) is 45.5 Å². The van der Waals surface area contributed by atoms with Gasteiger partial charge in [0.2, 0.25) is 0 Å². The van der Waals surface area contributed by atoms with E-state index in [1.165, 1.54) is 0 Å². The monoisotopic (exact) mass is 512 g/mol. The Morgan fingerprint density at radius 1 is 0.583 bits per heavy atom. The molecule has 0 aliphatic carbocycles. The number of carbonyl (C=O) groups is 2. The maximum Gasteiger partial charge on any atom is 0.339 e. The van der Waals surface area contributed by atoms with Crippen molar-refractivity contribution in [1.29, 1.82) is 0 Å². The van der Waals surface area contributed by atoms with Gasteiger partial charge in [0.15, 0.2) is 0 Å². The van der Waals surface area contributed by atoms with Crippen LogP contribution < -0.4 is 9.47 Å². The molecule has 0 bridgehead atoms. The summed E-state index contributed by atoms with van der Waals surface area (Å²) >= 11 is 12.0. The zero-order valence-electron chi connectivity index (χ0n) is 18.9. The van der Waals surface area contributed by atoms with Crippen molar-refractivity contribution in [2.24, 2.45) is 0 Å². The van der Waals surface area contributed by atoms with Crippen molar-refractivity contribution >= 4 is 58.1 Å². The Hall–Kier alpha value is -3.86. The van der Waals surface area contributed by atoms with Gasteiger partial charge in [-0.1, -0.05) is 59.6 Å². The van der Waals surface area contributed by atoms with Gasteiger partial charge in [-0.3, -0.25) is 0 Å². The summed E-state index contributed by atoms with van der Waals surface area (Å²) in [5.41, 5.74) is 4.60. The summed E-state index contributed by atoms with van der Waals surface area (Å²) in [6.07, 6.45) is 4.44. The molecule has 0 atom stereocenters. The summed E-state index contributed by atoms with van der Waals surface area (Å²) < 4.78 is 11.5. The average Bonchev–Trinajstić information content (AvgIpc) is 2.87. The number of esters is 2. The summed E-state index contributed by atoms with van der Waals surface area (Å²) in [5, 5.41) is 3.18. The van der Waals surface area contributed by atoms with Crippen LogP contribution in [0.2, 0.25) is 10.0 Å². The van der Waals surface area contributed by atoms with Gasteiger partial charge in [0, 0.05) is 45.2 Å². The molecule has 0 unspecified atom stereocenters. The predicted molar refractivity (Wildman–Crippen MR) is 141 cm³/mol. The maximum absolute atomic E-state index is 12.8. The van der Waals surface area contributed by atoms with E-state index in [9.17, 15) is 9.59 Å². The number of benzene rings is 4. The van der Waals surface area contributed by atoms with E-state index in [0.717, 1.165) is 33.0 Å². The largest absolute Gasteiger partial charge is 0.423 e. The third-order valence-corrected chi connectivity index (χ3v) is 6.91. The van der Waals surface area contributed by atoms with Gasteiger partial charge in [0.25, 0.3) is 0 Å². The lowest BCUT2D eigenvalue weighted by atomic mass is 9.88. The fourth-order valence-electron chi connectivity index (χ4n) is 4.67. The molecule has 0 radical (unpaired) electrons. The Balaban J connectivity index is 1.46. The highest BCUT2D eigenvalue weighted by molar-refractivity contribution is 6.30. The van der Waals surface area contributed by atoms with E-state index in [1.807, 2.05) is 60.7 Å². The molecule has 0 spiro atoms. The third kappa shape index (κ3) is 4.19. The van der Waals surface area contributed by atoms with Crippen molar-refractivity contribution < 1.29 is 19.1 Å². The van der Waals surface area contributed by atoms with Crippen LogP contribution in [0.1, 0.15) is 22.3 Å². The predicted octanol–water partition coefficient (Wildman–Crippen LogP) is 7.24. The first-order valence-electron chi connectivity index (χ1n) is 11.4. The fourth-order valence-corrected chi connectivity index (χ4v) is 4.92. The van der Waals surface area contributed by atoms with E-state index in [4.69, 9.17) is 32.7 Å². The van der Waals surface area contributed by atoms with Crippen molar-refractivity contribution in [2.75, 3.05) is 0 Å². The van der Waals surface area contributed by atoms with E-state index in [1.54, 1.807) is 24.3 Å². The molecule has 0 saturated heterocycles. The SMILES string of the molecule is O=C1Oc2ccc3ccc4c(c3c2C/C1=C/c1ccc(Cl)cc1)C/C(=C\c1ccc(Cl)cc1)C(=O)O4. The Bertz CT molecular complexity index is 1500. The Labute approximate surface area is 217 Å². The van der Waals surface area contributed by atoms with Gasteiger partial charge >= 0.3 is 11.9 Å². The highest BCUT2D eigenvalue weighted by Gasteiger charge is 2.29. The Morgan fingerprint density at radius 2 is 1.00 bits per heavy atom. The highest BCUT2D eigenvalue weighted by Crippen LogP contribution is 2.42. The van der Waals surface area contributed by atoms with Gasteiger partial charge in [0.05, 0.1) is 0 Å². The molecule has 0 amide bonds. The molecule has 2 heterocycles. The molecule has 4 aromatic carbocycles. The standard InChI is InChI=1S/C30H18Cl2O4/c31-22-7-1-17(2-8-22)13-20-15-24-26(35-29(20)33)11-5-19-6-12-27-25(28(19)24)16-21(30(34)36-27)14-18-3-9-23(32)10-4-18/h1-14H,15-16H2/b20-13-,21-14+. The molecule has 36 heavy (non-hydrogen) atoms. The van der Waals surface area contributed by atoms with Crippen molar-refractivity contribution in [3.8, 4) is 11.5 Å². The molecular weight excluding hydrogens is 495 g/mol. The number of halogens is 2. The first kappa shape index (κ1) is 22.6. The third-order valence-electron chi connectivity index (χ3n) is 6.40. The minimum atomic E-state index is -0.378. The lowest BCUT2D eigenvalue weighted by Crippen LogP contribution is -2.22. The second kappa shape index (κ2) is 8.98. The molecule has 0 fully saturated rings. The lowest BCUT2D eigenvalue weighted by Gasteiger charge is -2.25. The summed E-state index contributed by atoms with van der Waals surface area (Å²) in [7, 11) is 0. The molecule has 2 aliphatic rings. The van der Waals surface area contributed by atoms with Crippen LogP contribution in [0.15, 0.2) is 83.9 Å². The number of carbonyl (C=O) groups excluding carboxylic acids is 2. The molecule has 4 aromatic rings. The van der Waals surface area contributed by atoms with Gasteiger partial charge in [-0.25, -0.2) is 9.59 Å². The summed E-state index contributed by atoms with van der Waals surface area (Å²) in [4.78, 5) is 25.5. The lowest BCUT2D eigenvalue weighted by molar-refractivity contribution is -0.131. The normalized spacial score (nSPS) is 17.1. The topological polar surface area (TPSA) is 52.6 Å². The van der Waals surface area contributed by atoms with E-state index in [-0.39, 0.29) is 11.9 Å². The quantitative estimate of drug-likeness (QED) is 0.161. The van der Waals surface area contributed by atoms with Crippen molar-refractivity contribution in [3.63, 3.8) is 0 Å². The minimum absolute atomic E-state index is 0.378. The van der Waals surface area contributed by atoms with Crippen LogP contribution in [0, 0.1) is 0 Å². The van der Waals surface area contributed by atoms with Gasteiger partial charge < -0.3 is 9.47 Å². The minimum Gasteiger partial charge on any atom is -0.423 e. The zero-order chi connectivity index (χ0) is 24.8. The molecule has 0 saturated carbocycles. The first-order valence-corrected chi connectivity index (χ1v) is 12.1. The number of hydrogen-bond acceptors (Lipinski definition) is 4. The van der Waals surface area contributed by atoms with Crippen LogP contribution in [0.25, 0.3) is 22.9 Å². The second-order valence-electron chi connectivity index (χ2n) is 8.76. The number of fused-ring (bicyclic) bond motifs is 5. The molecule has 0 aromatic heterocycles. The molecule has 176 valence electrons. The second-order valence-corrected chi connectivity index (χ2v) is 9.63. The van der Waals surface area contributed by atoms with Gasteiger partial charge in [-0.15, -0.1) is 0 Å². The Morgan fingerprint density at radius 3 is 1.42 bits per heavy atom. The molecule has 4 nitrogen and oxygen atoms in total. The Kier molecular flexibility index (Phi) is 5.63. The average molecular weight is 513 g/mol. The van der Waals surface area contributed by atoms with Crippen molar-refractivity contribution in [3.05, 3.63) is 116 Å². The van der Waals surface area contributed by atoms with Crippen LogP contribution in [0.4, 0.5) is 0 Å². The van der Waals surface area contributed by atoms with E-state index < -0.39 is 0 Å². The van der Waals surface area contributed by atoms with Gasteiger partial charge in [-0.2, -0.15) is 0 Å². The highest BCUT2D eigenvalue weighted by atomic mass is 35.5. The molecular formula is C30H18Cl2O4. The van der Waals surface area contributed by atoms with Crippen LogP contribution in [-0.4, -0.2) is 11.9 Å². The summed E-state index contributed by atoms with van der Waals surface area (Å²) in [5.74, 6) is 0.288. The van der Waals surface area contributed by atoms with Crippen LogP contribution >= 0.6 is 23.2 Å². The van der Waals surface area contributed by atoms with E-state index >= 15 is 0 Å². The smallest absolute Gasteiger partial charge is 0.339 e. The van der Waals surface area contributed by atoms with Crippen molar-refractivity contribution in [2.45, 2.75) is 12.8 Å².